The number of pyridine rings is 1. The molecule has 0 amide bonds. The Balaban J connectivity index is 1.95. The van der Waals surface area contributed by atoms with Crippen molar-refractivity contribution in [3.63, 3.8) is 0 Å². The molecule has 5 heteroatoms. The van der Waals surface area contributed by atoms with Gasteiger partial charge in [-0.05, 0) is 13.0 Å². The van der Waals surface area contributed by atoms with Crippen molar-refractivity contribution in [1.29, 1.82) is 0 Å². The molecule has 0 unspecified atom stereocenters. The van der Waals surface area contributed by atoms with Crippen molar-refractivity contribution >= 4 is 16.6 Å². The zero-order valence-corrected chi connectivity index (χ0v) is 12.0. The van der Waals surface area contributed by atoms with E-state index in [2.05, 4.69) is 15.3 Å². The second-order valence-electron chi connectivity index (χ2n) is 4.98. The van der Waals surface area contributed by atoms with Crippen LogP contribution in [0.15, 0.2) is 47.5 Å². The number of nitrogens with one attached hydrogen (secondary N) is 1. The van der Waals surface area contributed by atoms with E-state index in [1.165, 1.54) is 0 Å². The summed E-state index contributed by atoms with van der Waals surface area (Å²) in [6.45, 7) is 2.43. The minimum absolute atomic E-state index is 0.0359. The first-order chi connectivity index (χ1) is 10.1. The van der Waals surface area contributed by atoms with Gasteiger partial charge in [-0.15, -0.1) is 0 Å². The van der Waals surface area contributed by atoms with Crippen molar-refractivity contribution in [2.75, 3.05) is 5.32 Å². The summed E-state index contributed by atoms with van der Waals surface area (Å²) in [5.74, 6) is 0. The van der Waals surface area contributed by atoms with Gasteiger partial charge in [0.15, 0.2) is 0 Å². The Labute approximate surface area is 122 Å². The summed E-state index contributed by atoms with van der Waals surface area (Å²) in [6.07, 6.45) is 3.48. The molecule has 0 radical (unpaired) electrons. The van der Waals surface area contributed by atoms with Gasteiger partial charge < -0.3 is 9.88 Å². The Morgan fingerprint density at radius 2 is 2.00 bits per heavy atom. The Hall–Kier alpha value is -2.69. The summed E-state index contributed by atoms with van der Waals surface area (Å²) in [5, 5.41) is 4.29. The Bertz CT molecular complexity index is 837. The molecule has 106 valence electrons. The second kappa shape index (κ2) is 5.36. The van der Waals surface area contributed by atoms with E-state index < -0.39 is 0 Å². The van der Waals surface area contributed by atoms with Gasteiger partial charge in [-0.3, -0.25) is 14.8 Å². The van der Waals surface area contributed by atoms with Crippen molar-refractivity contribution < 1.29 is 0 Å². The first kappa shape index (κ1) is 13.3. The molecular formula is C16H16N4O. The maximum Gasteiger partial charge on any atom is 0.252 e. The van der Waals surface area contributed by atoms with E-state index in [4.69, 9.17) is 0 Å². The zero-order chi connectivity index (χ0) is 14.8. The zero-order valence-electron chi connectivity index (χ0n) is 12.0. The average molecular weight is 280 g/mol. The van der Waals surface area contributed by atoms with Gasteiger partial charge in [0, 0.05) is 30.4 Å². The lowest BCUT2D eigenvalue weighted by Crippen LogP contribution is -2.17. The van der Waals surface area contributed by atoms with Crippen LogP contribution in [0.25, 0.3) is 10.9 Å². The third-order valence-electron chi connectivity index (χ3n) is 3.45. The van der Waals surface area contributed by atoms with E-state index in [9.17, 15) is 4.79 Å². The van der Waals surface area contributed by atoms with Crippen LogP contribution in [0.4, 0.5) is 5.69 Å². The summed E-state index contributed by atoms with van der Waals surface area (Å²) in [6, 6.07) is 9.44. The third kappa shape index (κ3) is 2.63. The quantitative estimate of drug-likeness (QED) is 0.799. The number of hydrogen-bond donors (Lipinski definition) is 1. The normalized spacial score (nSPS) is 10.8. The van der Waals surface area contributed by atoms with Crippen LogP contribution in [0, 0.1) is 6.92 Å². The molecule has 0 aliphatic carbocycles. The molecule has 21 heavy (non-hydrogen) atoms. The molecule has 0 spiro atoms. The monoisotopic (exact) mass is 280 g/mol. The number of nitrogens with zero attached hydrogens (tertiary/aromatic N) is 3. The number of aryl methyl sites for hydroxylation is 2. The predicted octanol–water partition coefficient (Wildman–Crippen LogP) is 2.25. The van der Waals surface area contributed by atoms with Crippen LogP contribution in [-0.2, 0) is 13.6 Å². The van der Waals surface area contributed by atoms with E-state index in [0.717, 1.165) is 28.0 Å². The molecule has 2 aromatic heterocycles. The van der Waals surface area contributed by atoms with Crippen LogP contribution in [0.1, 0.15) is 11.4 Å². The molecule has 0 fully saturated rings. The van der Waals surface area contributed by atoms with Crippen LogP contribution < -0.4 is 10.9 Å². The smallest absolute Gasteiger partial charge is 0.252 e. The van der Waals surface area contributed by atoms with Gasteiger partial charge in [-0.2, -0.15) is 0 Å². The van der Waals surface area contributed by atoms with Gasteiger partial charge in [0.2, 0.25) is 0 Å². The molecule has 0 saturated heterocycles. The maximum absolute atomic E-state index is 12.0. The largest absolute Gasteiger partial charge is 0.379 e. The number of rotatable bonds is 3. The topological polar surface area (TPSA) is 59.8 Å². The molecule has 3 rings (SSSR count). The number of anilines is 1. The minimum Gasteiger partial charge on any atom is -0.379 e. The number of hydrogen-bond acceptors (Lipinski definition) is 4. The maximum atomic E-state index is 12.0. The van der Waals surface area contributed by atoms with E-state index in [0.29, 0.717) is 6.54 Å². The predicted molar refractivity (Wildman–Crippen MR) is 83.3 cm³/mol. The second-order valence-corrected chi connectivity index (χ2v) is 4.98. The Kier molecular flexibility index (Phi) is 3.39. The highest BCUT2D eigenvalue weighted by Crippen LogP contribution is 2.21. The van der Waals surface area contributed by atoms with Gasteiger partial charge in [0.05, 0.1) is 29.6 Å². The van der Waals surface area contributed by atoms with Gasteiger partial charge in [-0.1, -0.05) is 18.2 Å². The van der Waals surface area contributed by atoms with Gasteiger partial charge in [0.25, 0.3) is 5.56 Å². The molecule has 2 heterocycles. The van der Waals surface area contributed by atoms with Crippen molar-refractivity contribution in [2.45, 2.75) is 13.5 Å². The van der Waals surface area contributed by atoms with Crippen LogP contribution in [0.2, 0.25) is 0 Å². The number of fused-ring (bicyclic) bond motifs is 1. The van der Waals surface area contributed by atoms with E-state index in [-0.39, 0.29) is 5.56 Å². The lowest BCUT2D eigenvalue weighted by molar-refractivity contribution is 0.904. The van der Waals surface area contributed by atoms with Crippen LogP contribution in [-0.4, -0.2) is 14.5 Å². The van der Waals surface area contributed by atoms with Gasteiger partial charge >= 0.3 is 0 Å². The fraction of sp³-hybridized carbons (Fsp3) is 0.188. The molecule has 3 aromatic rings. The summed E-state index contributed by atoms with van der Waals surface area (Å²) in [4.78, 5) is 20.5. The number of benzene rings is 1. The van der Waals surface area contributed by atoms with E-state index in [1.807, 2.05) is 31.2 Å². The van der Waals surface area contributed by atoms with Gasteiger partial charge in [-0.25, -0.2) is 0 Å². The van der Waals surface area contributed by atoms with Crippen molar-refractivity contribution in [3.05, 3.63) is 64.5 Å². The molecule has 0 bridgehead atoms. The average Bonchev–Trinajstić information content (AvgIpc) is 2.51. The highest BCUT2D eigenvalue weighted by molar-refractivity contribution is 5.91. The van der Waals surface area contributed by atoms with Crippen molar-refractivity contribution in [2.24, 2.45) is 7.05 Å². The highest BCUT2D eigenvalue weighted by atomic mass is 16.1. The molecule has 0 saturated carbocycles. The summed E-state index contributed by atoms with van der Waals surface area (Å²) < 4.78 is 1.65. The SMILES string of the molecule is Cc1cnc(CNc2cc(=O)n(C)c3ccccc23)cn1. The lowest BCUT2D eigenvalue weighted by Gasteiger charge is -2.11. The molecule has 0 aliphatic heterocycles. The van der Waals surface area contributed by atoms with E-state index in [1.54, 1.807) is 30.1 Å². The van der Waals surface area contributed by atoms with Crippen LogP contribution in [0.5, 0.6) is 0 Å². The Morgan fingerprint density at radius 3 is 2.76 bits per heavy atom. The fourth-order valence-electron chi connectivity index (χ4n) is 2.25. The lowest BCUT2D eigenvalue weighted by atomic mass is 10.2. The molecule has 5 nitrogen and oxygen atoms in total. The summed E-state index contributed by atoms with van der Waals surface area (Å²) in [5.41, 5.74) is 3.41. The highest BCUT2D eigenvalue weighted by Gasteiger charge is 2.06. The van der Waals surface area contributed by atoms with Crippen LogP contribution >= 0.6 is 0 Å². The first-order valence-corrected chi connectivity index (χ1v) is 6.75. The van der Waals surface area contributed by atoms with Crippen LogP contribution in [0.3, 0.4) is 0 Å². The number of aromatic nitrogens is 3. The molecule has 0 aliphatic rings. The molecule has 0 atom stereocenters. The minimum atomic E-state index is -0.0359. The standard InChI is InChI=1S/C16H16N4O/c1-11-8-18-12(9-17-11)10-19-14-7-16(21)20(2)15-6-4-3-5-13(14)15/h3-9,19H,10H2,1-2H3. The third-order valence-corrected chi connectivity index (χ3v) is 3.45. The van der Waals surface area contributed by atoms with Crippen molar-refractivity contribution in [3.8, 4) is 0 Å². The number of para-hydroxylation sites is 1. The fourth-order valence-corrected chi connectivity index (χ4v) is 2.25. The van der Waals surface area contributed by atoms with E-state index >= 15 is 0 Å². The van der Waals surface area contributed by atoms with Gasteiger partial charge in [0.1, 0.15) is 0 Å². The van der Waals surface area contributed by atoms with Crippen molar-refractivity contribution in [1.82, 2.24) is 14.5 Å². The Morgan fingerprint density at radius 1 is 1.19 bits per heavy atom. The molecular weight excluding hydrogens is 264 g/mol. The summed E-state index contributed by atoms with van der Waals surface area (Å²) in [7, 11) is 1.78. The summed E-state index contributed by atoms with van der Waals surface area (Å²) >= 11 is 0. The first-order valence-electron chi connectivity index (χ1n) is 6.75. The molecule has 1 aromatic carbocycles. The molecule has 1 N–H and O–H groups in total.